The van der Waals surface area contributed by atoms with Gasteiger partial charge in [0, 0.05) is 21.2 Å². The van der Waals surface area contributed by atoms with Crippen LogP contribution in [-0.2, 0) is 9.47 Å². The van der Waals surface area contributed by atoms with E-state index in [4.69, 9.17) is 9.47 Å². The number of aromatic nitrogens is 2. The summed E-state index contributed by atoms with van der Waals surface area (Å²) in [6, 6.07) is 11.1. The number of ether oxygens (including phenoxy) is 2. The molecule has 4 rings (SSSR count). The molecular weight excluding hydrogens is 394 g/mol. The zero-order chi connectivity index (χ0) is 17.4. The maximum Gasteiger partial charge on any atom is 0.186 e. The van der Waals surface area contributed by atoms with Crippen LogP contribution in [0.2, 0.25) is 0 Å². The maximum atomic E-state index is 14.1. The average Bonchev–Trinajstić information content (AvgIpc) is 3.27. The monoisotopic (exact) mass is 406 g/mol. The topological polar surface area (TPSA) is 47.1 Å². The van der Waals surface area contributed by atoms with E-state index in [2.05, 4.69) is 26.1 Å². The van der Waals surface area contributed by atoms with Crippen LogP contribution in [0.1, 0.15) is 11.9 Å². The van der Waals surface area contributed by atoms with Gasteiger partial charge in [0.05, 0.1) is 24.6 Å². The maximum absolute atomic E-state index is 14.1. The summed E-state index contributed by atoms with van der Waals surface area (Å²) >= 11 is 3.34. The Morgan fingerprint density at radius 1 is 1.04 bits per heavy atom. The van der Waals surface area contributed by atoms with Crippen LogP contribution in [0.3, 0.4) is 0 Å². The predicted molar refractivity (Wildman–Crippen MR) is 91.7 cm³/mol. The highest BCUT2D eigenvalue weighted by atomic mass is 79.9. The van der Waals surface area contributed by atoms with Crippen LogP contribution in [0.25, 0.3) is 22.5 Å². The molecule has 25 heavy (non-hydrogen) atoms. The van der Waals surface area contributed by atoms with E-state index in [9.17, 15) is 8.78 Å². The second-order valence-electron chi connectivity index (χ2n) is 5.57. The molecule has 2 heterocycles. The van der Waals surface area contributed by atoms with Gasteiger partial charge in [0.2, 0.25) is 0 Å². The summed E-state index contributed by atoms with van der Waals surface area (Å²) in [4.78, 5) is 0. The zero-order valence-electron chi connectivity index (χ0n) is 12.9. The highest BCUT2D eigenvalue weighted by Gasteiger charge is 2.23. The van der Waals surface area contributed by atoms with Crippen molar-refractivity contribution in [3.8, 4) is 22.5 Å². The van der Waals surface area contributed by atoms with Crippen molar-refractivity contribution >= 4 is 15.9 Å². The highest BCUT2D eigenvalue weighted by Crippen LogP contribution is 2.33. The van der Waals surface area contributed by atoms with E-state index in [1.54, 1.807) is 30.3 Å². The van der Waals surface area contributed by atoms with E-state index in [0.29, 0.717) is 45.8 Å². The van der Waals surface area contributed by atoms with Crippen LogP contribution in [0, 0.1) is 11.6 Å². The standard InChI is InChI=1S/C18H13BrF2N2O2/c19-12-2-1-3-14(21)17(12)16-9-15(22-23-16)10-4-5-13(20)11(8-10)18-24-6-7-25-18/h1-5,8-9,18H,6-7H2,(H,22,23). The summed E-state index contributed by atoms with van der Waals surface area (Å²) in [6.45, 7) is 0.865. The average molecular weight is 407 g/mol. The summed E-state index contributed by atoms with van der Waals surface area (Å²) in [7, 11) is 0. The van der Waals surface area contributed by atoms with Crippen LogP contribution in [0.15, 0.2) is 46.9 Å². The Bertz CT molecular complexity index is 903. The van der Waals surface area contributed by atoms with Crippen molar-refractivity contribution in [3.63, 3.8) is 0 Å². The van der Waals surface area contributed by atoms with Crippen LogP contribution >= 0.6 is 15.9 Å². The third-order valence-electron chi connectivity index (χ3n) is 3.98. The summed E-state index contributed by atoms with van der Waals surface area (Å²) in [5, 5.41) is 7.06. The molecule has 4 nitrogen and oxygen atoms in total. The molecule has 1 aliphatic rings. The Labute approximate surface area is 150 Å². The molecule has 0 spiro atoms. The third-order valence-corrected chi connectivity index (χ3v) is 4.64. The number of nitrogens with zero attached hydrogens (tertiary/aromatic N) is 1. The van der Waals surface area contributed by atoms with Gasteiger partial charge in [0.1, 0.15) is 11.6 Å². The molecule has 7 heteroatoms. The lowest BCUT2D eigenvalue weighted by Gasteiger charge is -2.11. The van der Waals surface area contributed by atoms with Gasteiger partial charge in [-0.1, -0.05) is 6.07 Å². The molecule has 0 aliphatic carbocycles. The second-order valence-corrected chi connectivity index (χ2v) is 6.43. The van der Waals surface area contributed by atoms with Gasteiger partial charge in [0.15, 0.2) is 6.29 Å². The van der Waals surface area contributed by atoms with Crippen molar-refractivity contribution in [2.45, 2.75) is 6.29 Å². The lowest BCUT2D eigenvalue weighted by Crippen LogP contribution is -2.01. The van der Waals surface area contributed by atoms with Crippen molar-refractivity contribution in [2.24, 2.45) is 0 Å². The minimum atomic E-state index is -0.709. The fourth-order valence-corrected chi connectivity index (χ4v) is 3.33. The van der Waals surface area contributed by atoms with E-state index in [0.717, 1.165) is 0 Å². The highest BCUT2D eigenvalue weighted by molar-refractivity contribution is 9.10. The molecule has 1 N–H and O–H groups in total. The van der Waals surface area contributed by atoms with Crippen molar-refractivity contribution < 1.29 is 18.3 Å². The van der Waals surface area contributed by atoms with Crippen LogP contribution in [-0.4, -0.2) is 23.4 Å². The smallest absolute Gasteiger partial charge is 0.186 e. The van der Waals surface area contributed by atoms with Gasteiger partial charge >= 0.3 is 0 Å². The Kier molecular flexibility index (Phi) is 4.37. The Morgan fingerprint density at radius 3 is 2.60 bits per heavy atom. The molecule has 0 radical (unpaired) electrons. The second kappa shape index (κ2) is 6.67. The number of hydrogen-bond acceptors (Lipinski definition) is 3. The third kappa shape index (κ3) is 3.10. The molecule has 0 amide bonds. The van der Waals surface area contributed by atoms with Gasteiger partial charge in [0.25, 0.3) is 0 Å². The minimum Gasteiger partial charge on any atom is -0.346 e. The molecule has 1 aliphatic heterocycles. The van der Waals surface area contributed by atoms with E-state index in [-0.39, 0.29) is 5.82 Å². The van der Waals surface area contributed by atoms with Crippen molar-refractivity contribution in [2.75, 3.05) is 13.2 Å². The molecule has 0 unspecified atom stereocenters. The molecule has 0 bridgehead atoms. The first-order chi connectivity index (χ1) is 12.1. The number of hydrogen-bond donors (Lipinski definition) is 1. The number of benzene rings is 2. The molecule has 2 aromatic carbocycles. The summed E-state index contributed by atoms with van der Waals surface area (Å²) in [5.74, 6) is -0.764. The van der Waals surface area contributed by atoms with Gasteiger partial charge < -0.3 is 9.47 Å². The van der Waals surface area contributed by atoms with Crippen molar-refractivity contribution in [1.29, 1.82) is 0 Å². The first-order valence-electron chi connectivity index (χ1n) is 7.66. The summed E-state index contributed by atoms with van der Waals surface area (Å²) < 4.78 is 39.5. The van der Waals surface area contributed by atoms with Gasteiger partial charge in [-0.3, -0.25) is 5.10 Å². The van der Waals surface area contributed by atoms with Gasteiger partial charge in [-0.15, -0.1) is 0 Å². The number of aromatic amines is 1. The molecule has 1 saturated heterocycles. The first kappa shape index (κ1) is 16.4. The van der Waals surface area contributed by atoms with E-state index < -0.39 is 12.1 Å². The molecule has 3 aromatic rings. The van der Waals surface area contributed by atoms with Crippen LogP contribution in [0.4, 0.5) is 8.78 Å². The van der Waals surface area contributed by atoms with Gasteiger partial charge in [-0.05, 0) is 52.3 Å². The van der Waals surface area contributed by atoms with Crippen molar-refractivity contribution in [3.05, 3.63) is 64.1 Å². The summed E-state index contributed by atoms with van der Waals surface area (Å²) in [6.07, 6.45) is -0.709. The number of H-pyrrole nitrogens is 1. The zero-order valence-corrected chi connectivity index (χ0v) is 14.5. The van der Waals surface area contributed by atoms with Gasteiger partial charge in [-0.2, -0.15) is 5.10 Å². The number of nitrogens with one attached hydrogen (secondary N) is 1. The Morgan fingerprint density at radius 2 is 1.84 bits per heavy atom. The molecule has 1 aromatic heterocycles. The van der Waals surface area contributed by atoms with E-state index >= 15 is 0 Å². The number of halogens is 3. The largest absolute Gasteiger partial charge is 0.346 e. The normalized spacial score (nSPS) is 15.0. The van der Waals surface area contributed by atoms with Crippen LogP contribution < -0.4 is 0 Å². The Hall–Kier alpha value is -2.09. The minimum absolute atomic E-state index is 0.326. The molecular formula is C18H13BrF2N2O2. The summed E-state index contributed by atoms with van der Waals surface area (Å²) in [5.41, 5.74) is 2.51. The lowest BCUT2D eigenvalue weighted by molar-refractivity contribution is -0.0464. The van der Waals surface area contributed by atoms with Gasteiger partial charge in [-0.25, -0.2) is 8.78 Å². The molecule has 0 saturated carbocycles. The SMILES string of the molecule is Fc1ccc(-c2cc(-c3c(F)cccc3Br)[nH]n2)cc1C1OCCO1. The molecule has 1 fully saturated rings. The first-order valence-corrected chi connectivity index (χ1v) is 8.45. The fraction of sp³-hybridized carbons (Fsp3) is 0.167. The number of rotatable bonds is 3. The lowest BCUT2D eigenvalue weighted by atomic mass is 10.1. The van der Waals surface area contributed by atoms with Crippen molar-refractivity contribution in [1.82, 2.24) is 10.2 Å². The predicted octanol–water partition coefficient (Wildman–Crippen LogP) is 4.83. The molecule has 128 valence electrons. The molecule has 0 atom stereocenters. The van der Waals surface area contributed by atoms with E-state index in [1.165, 1.54) is 12.1 Å². The Balaban J connectivity index is 1.72. The van der Waals surface area contributed by atoms with Crippen LogP contribution in [0.5, 0.6) is 0 Å². The fourth-order valence-electron chi connectivity index (χ4n) is 2.77. The quantitative estimate of drug-likeness (QED) is 0.677. The van der Waals surface area contributed by atoms with E-state index in [1.807, 2.05) is 0 Å².